The predicted octanol–water partition coefficient (Wildman–Crippen LogP) is 2.28. The summed E-state index contributed by atoms with van der Waals surface area (Å²) in [5, 5.41) is 9.50. The first-order valence-corrected chi connectivity index (χ1v) is 8.70. The van der Waals surface area contributed by atoms with Crippen LogP contribution in [0.5, 0.6) is 0 Å². The van der Waals surface area contributed by atoms with E-state index in [9.17, 15) is 13.5 Å². The number of halogens is 2. The topological polar surface area (TPSA) is 66.8 Å². The third-order valence-electron chi connectivity index (χ3n) is 3.31. The van der Waals surface area contributed by atoms with Crippen LogP contribution in [0.4, 0.5) is 0 Å². The first-order valence-electron chi connectivity index (χ1n) is 6.50. The Labute approximate surface area is 134 Å². The zero-order valence-corrected chi connectivity index (χ0v) is 14.0. The molecule has 2 atom stereocenters. The molecule has 2 unspecified atom stereocenters. The molecule has 0 aromatic heterocycles. The monoisotopic (exact) mass is 353 g/mol. The van der Waals surface area contributed by atoms with Crippen molar-refractivity contribution >= 4 is 33.2 Å². The van der Waals surface area contributed by atoms with Crippen LogP contribution < -0.4 is 0 Å². The summed E-state index contributed by atoms with van der Waals surface area (Å²) in [4.78, 5) is -0.0427. The van der Waals surface area contributed by atoms with Crippen LogP contribution in [0.15, 0.2) is 17.0 Å². The van der Waals surface area contributed by atoms with Crippen molar-refractivity contribution in [2.45, 2.75) is 37.6 Å². The minimum Gasteiger partial charge on any atom is -0.392 e. The van der Waals surface area contributed by atoms with Crippen LogP contribution in [0, 0.1) is 0 Å². The Balaban J connectivity index is 2.45. The molecule has 8 heteroatoms. The van der Waals surface area contributed by atoms with Crippen LogP contribution in [0.2, 0.25) is 10.0 Å². The van der Waals surface area contributed by atoms with Gasteiger partial charge in [0.15, 0.2) is 0 Å². The van der Waals surface area contributed by atoms with E-state index in [1.54, 1.807) is 0 Å². The second kappa shape index (κ2) is 6.40. The number of ether oxygens (including phenoxy) is 1. The number of nitrogens with zero attached hydrogens (tertiary/aromatic N) is 1. The summed E-state index contributed by atoms with van der Waals surface area (Å²) in [5.41, 5.74) is 0.216. The Morgan fingerprint density at radius 2 is 1.86 bits per heavy atom. The molecule has 5 nitrogen and oxygen atoms in total. The molecule has 1 aromatic rings. The molecule has 0 amide bonds. The second-order valence-corrected chi connectivity index (χ2v) is 7.77. The van der Waals surface area contributed by atoms with E-state index >= 15 is 0 Å². The van der Waals surface area contributed by atoms with Crippen molar-refractivity contribution in [1.82, 2.24) is 4.31 Å². The Morgan fingerprint density at radius 3 is 2.38 bits per heavy atom. The molecular formula is C13H17Cl2NO4S. The van der Waals surface area contributed by atoms with Gasteiger partial charge in [0.2, 0.25) is 10.0 Å². The highest BCUT2D eigenvalue weighted by molar-refractivity contribution is 7.89. The molecular weight excluding hydrogens is 337 g/mol. The number of aliphatic hydroxyl groups excluding tert-OH is 1. The van der Waals surface area contributed by atoms with E-state index in [4.69, 9.17) is 27.9 Å². The highest BCUT2D eigenvalue weighted by Crippen LogP contribution is 2.33. The van der Waals surface area contributed by atoms with E-state index in [1.807, 2.05) is 13.8 Å². The van der Waals surface area contributed by atoms with Crippen LogP contribution >= 0.6 is 23.2 Å². The van der Waals surface area contributed by atoms with Crippen LogP contribution in [0.1, 0.15) is 19.4 Å². The first-order chi connectivity index (χ1) is 9.77. The largest absolute Gasteiger partial charge is 0.392 e. The lowest BCUT2D eigenvalue weighted by Gasteiger charge is -2.34. The summed E-state index contributed by atoms with van der Waals surface area (Å²) in [6, 6.07) is 2.79. The summed E-state index contributed by atoms with van der Waals surface area (Å²) in [5.74, 6) is 0. The number of benzene rings is 1. The number of sulfonamides is 1. The third kappa shape index (κ3) is 3.36. The Kier molecular flexibility index (Phi) is 5.18. The quantitative estimate of drug-likeness (QED) is 0.905. The number of hydrogen-bond acceptors (Lipinski definition) is 4. The average molecular weight is 354 g/mol. The van der Waals surface area contributed by atoms with Crippen LogP contribution in [0.25, 0.3) is 0 Å². The molecule has 1 aliphatic rings. The SMILES string of the molecule is CC1CN(S(=O)(=O)c2ccc(Cl)c(CO)c2Cl)CC(C)O1. The third-order valence-corrected chi connectivity index (χ3v) is 6.08. The summed E-state index contributed by atoms with van der Waals surface area (Å²) >= 11 is 12.0. The average Bonchev–Trinajstić information content (AvgIpc) is 2.37. The normalized spacial score (nSPS) is 24.2. The summed E-state index contributed by atoms with van der Waals surface area (Å²) < 4.78 is 32.4. The minimum absolute atomic E-state index is 0.0307. The van der Waals surface area contributed by atoms with Gasteiger partial charge in [-0.1, -0.05) is 23.2 Å². The zero-order chi connectivity index (χ0) is 15.8. The van der Waals surface area contributed by atoms with Crippen LogP contribution in [-0.4, -0.2) is 43.1 Å². The van der Waals surface area contributed by atoms with E-state index < -0.39 is 16.6 Å². The molecule has 0 radical (unpaired) electrons. The van der Waals surface area contributed by atoms with Gasteiger partial charge in [-0.15, -0.1) is 0 Å². The van der Waals surface area contributed by atoms with Gasteiger partial charge in [-0.05, 0) is 26.0 Å². The van der Waals surface area contributed by atoms with Gasteiger partial charge in [0.25, 0.3) is 0 Å². The Morgan fingerprint density at radius 1 is 1.29 bits per heavy atom. The molecule has 1 aliphatic heterocycles. The van der Waals surface area contributed by atoms with E-state index in [0.29, 0.717) is 0 Å². The van der Waals surface area contributed by atoms with Gasteiger partial charge in [-0.2, -0.15) is 4.31 Å². The molecule has 1 heterocycles. The molecule has 1 aromatic carbocycles. The molecule has 0 spiro atoms. The van der Waals surface area contributed by atoms with Crippen molar-refractivity contribution in [3.05, 3.63) is 27.7 Å². The van der Waals surface area contributed by atoms with E-state index in [1.165, 1.54) is 16.4 Å². The maximum atomic E-state index is 12.7. The lowest BCUT2D eigenvalue weighted by atomic mass is 10.2. The van der Waals surface area contributed by atoms with E-state index in [0.717, 1.165) is 0 Å². The molecule has 118 valence electrons. The number of rotatable bonds is 3. The fourth-order valence-corrected chi connectivity index (χ4v) is 4.85. The molecule has 1 N–H and O–H groups in total. The minimum atomic E-state index is -3.76. The van der Waals surface area contributed by atoms with Gasteiger partial charge >= 0.3 is 0 Å². The van der Waals surface area contributed by atoms with Gasteiger partial charge in [0.1, 0.15) is 4.90 Å². The highest BCUT2D eigenvalue weighted by atomic mass is 35.5. The van der Waals surface area contributed by atoms with Crippen molar-refractivity contribution in [2.75, 3.05) is 13.1 Å². The Bertz CT molecular complexity index is 625. The molecule has 2 rings (SSSR count). The van der Waals surface area contributed by atoms with Crippen LogP contribution in [-0.2, 0) is 21.4 Å². The second-order valence-electron chi connectivity index (χ2n) is 5.08. The first kappa shape index (κ1) is 17.0. The Hall–Kier alpha value is -0.370. The molecule has 21 heavy (non-hydrogen) atoms. The van der Waals surface area contributed by atoms with Crippen molar-refractivity contribution in [1.29, 1.82) is 0 Å². The summed E-state index contributed by atoms with van der Waals surface area (Å²) in [6.45, 7) is 3.75. The number of morpholine rings is 1. The maximum Gasteiger partial charge on any atom is 0.244 e. The van der Waals surface area contributed by atoms with E-state index in [-0.39, 0.29) is 45.8 Å². The summed E-state index contributed by atoms with van der Waals surface area (Å²) in [6.07, 6.45) is -0.376. The van der Waals surface area contributed by atoms with Crippen molar-refractivity contribution in [2.24, 2.45) is 0 Å². The van der Waals surface area contributed by atoms with Gasteiger partial charge < -0.3 is 9.84 Å². The van der Waals surface area contributed by atoms with Crippen LogP contribution in [0.3, 0.4) is 0 Å². The predicted molar refractivity (Wildman–Crippen MR) is 81.2 cm³/mol. The van der Waals surface area contributed by atoms with Gasteiger partial charge in [0, 0.05) is 23.7 Å². The number of hydrogen-bond donors (Lipinski definition) is 1. The zero-order valence-electron chi connectivity index (χ0n) is 11.7. The number of aliphatic hydroxyl groups is 1. The molecule has 1 saturated heterocycles. The lowest BCUT2D eigenvalue weighted by Crippen LogP contribution is -2.48. The standard InChI is InChI=1S/C13H17Cl2NO4S/c1-8-5-16(6-9(2)20-8)21(18,19)12-4-3-11(14)10(7-17)13(12)15/h3-4,8-9,17H,5-7H2,1-2H3. The molecule has 0 saturated carbocycles. The van der Waals surface area contributed by atoms with Gasteiger partial charge in [-0.25, -0.2) is 8.42 Å². The van der Waals surface area contributed by atoms with Crippen molar-refractivity contribution < 1.29 is 18.3 Å². The molecule has 1 fully saturated rings. The van der Waals surface area contributed by atoms with Gasteiger partial charge in [-0.3, -0.25) is 0 Å². The maximum absolute atomic E-state index is 12.7. The van der Waals surface area contributed by atoms with Gasteiger partial charge in [0.05, 0.1) is 23.8 Å². The summed E-state index contributed by atoms with van der Waals surface area (Å²) in [7, 11) is -3.76. The van der Waals surface area contributed by atoms with E-state index in [2.05, 4.69) is 0 Å². The highest BCUT2D eigenvalue weighted by Gasteiger charge is 2.34. The molecule has 0 bridgehead atoms. The lowest BCUT2D eigenvalue weighted by molar-refractivity contribution is -0.0440. The fourth-order valence-electron chi connectivity index (χ4n) is 2.39. The van der Waals surface area contributed by atoms with Crippen molar-refractivity contribution in [3.63, 3.8) is 0 Å². The van der Waals surface area contributed by atoms with Crippen molar-refractivity contribution in [3.8, 4) is 0 Å². The smallest absolute Gasteiger partial charge is 0.244 e. The fraction of sp³-hybridized carbons (Fsp3) is 0.538. The molecule has 0 aliphatic carbocycles.